The van der Waals surface area contributed by atoms with Crippen molar-refractivity contribution in [3.63, 3.8) is 0 Å². The first-order chi connectivity index (χ1) is 14.3. The van der Waals surface area contributed by atoms with E-state index < -0.39 is 6.10 Å². The minimum absolute atomic E-state index is 0.551. The van der Waals surface area contributed by atoms with E-state index in [4.69, 9.17) is 0 Å². The molecular weight excluding hydrogens is 358 g/mol. The predicted octanol–water partition coefficient (Wildman–Crippen LogP) is 4.07. The summed E-state index contributed by atoms with van der Waals surface area (Å²) in [5, 5.41) is 22.2. The zero-order valence-corrected chi connectivity index (χ0v) is 15.9. The summed E-state index contributed by atoms with van der Waals surface area (Å²) >= 11 is 0. The van der Waals surface area contributed by atoms with Gasteiger partial charge in [-0.2, -0.15) is 15.4 Å². The van der Waals surface area contributed by atoms with E-state index in [-0.39, 0.29) is 0 Å². The van der Waals surface area contributed by atoms with Crippen molar-refractivity contribution in [3.05, 3.63) is 119 Å². The molecule has 0 bridgehead atoms. The van der Waals surface area contributed by atoms with Crippen LogP contribution >= 0.6 is 0 Å². The lowest BCUT2D eigenvalue weighted by Gasteiger charge is -2.12. The zero-order valence-electron chi connectivity index (χ0n) is 15.9. The molecule has 1 aromatic heterocycles. The lowest BCUT2D eigenvalue weighted by Crippen LogP contribution is -2.07. The third kappa shape index (κ3) is 4.60. The minimum Gasteiger partial charge on any atom is -0.382 e. The number of aliphatic hydroxyl groups excluding tert-OH is 1. The van der Waals surface area contributed by atoms with Crippen molar-refractivity contribution >= 4 is 0 Å². The molecule has 1 atom stereocenters. The van der Waals surface area contributed by atoms with E-state index in [1.807, 2.05) is 72.8 Å². The Labute approximate surface area is 170 Å². The highest BCUT2D eigenvalue weighted by molar-refractivity contribution is 5.48. The van der Waals surface area contributed by atoms with Gasteiger partial charge in [0.05, 0.1) is 5.69 Å². The quantitative estimate of drug-likeness (QED) is 0.514. The molecule has 2 N–H and O–H groups in total. The molecule has 4 nitrogen and oxygen atoms in total. The molecule has 0 aliphatic heterocycles. The lowest BCUT2D eigenvalue weighted by atomic mass is 9.97. The standard InChI is InChI=1S/C25H21N3O/c29-25(24-23(26-28-27-24)18-16-20-11-5-2-6-12-20)22-14-8-7-13-21(22)17-15-19-9-3-1-4-10-19/h1-14,25,29H,16,18H2,(H,26,27,28). The average Bonchev–Trinajstić information content (AvgIpc) is 3.26. The molecule has 142 valence electrons. The van der Waals surface area contributed by atoms with Gasteiger partial charge in [-0.3, -0.25) is 0 Å². The summed E-state index contributed by atoms with van der Waals surface area (Å²) in [5.74, 6) is 6.34. The largest absolute Gasteiger partial charge is 0.382 e. The van der Waals surface area contributed by atoms with Gasteiger partial charge in [0.2, 0.25) is 0 Å². The van der Waals surface area contributed by atoms with Gasteiger partial charge in [0.25, 0.3) is 0 Å². The molecule has 29 heavy (non-hydrogen) atoms. The molecule has 0 aliphatic carbocycles. The van der Waals surface area contributed by atoms with E-state index in [1.54, 1.807) is 0 Å². The second-order valence-corrected chi connectivity index (χ2v) is 6.75. The van der Waals surface area contributed by atoms with Crippen LogP contribution in [0.4, 0.5) is 0 Å². The smallest absolute Gasteiger partial charge is 0.126 e. The maximum atomic E-state index is 11.0. The van der Waals surface area contributed by atoms with E-state index in [1.165, 1.54) is 5.56 Å². The molecule has 1 unspecified atom stereocenters. The second kappa shape index (κ2) is 9.01. The molecule has 3 aromatic carbocycles. The van der Waals surface area contributed by atoms with Gasteiger partial charge in [0.1, 0.15) is 11.8 Å². The number of nitrogens with one attached hydrogen (secondary N) is 1. The predicted molar refractivity (Wildman–Crippen MR) is 113 cm³/mol. The Morgan fingerprint density at radius 3 is 2.24 bits per heavy atom. The van der Waals surface area contributed by atoms with Crippen molar-refractivity contribution in [3.8, 4) is 11.8 Å². The summed E-state index contributed by atoms with van der Waals surface area (Å²) in [5.41, 5.74) is 4.99. The van der Waals surface area contributed by atoms with Crippen molar-refractivity contribution < 1.29 is 5.11 Å². The number of aromatic amines is 1. The molecular formula is C25H21N3O. The Bertz CT molecular complexity index is 1120. The highest BCUT2D eigenvalue weighted by Crippen LogP contribution is 2.25. The van der Waals surface area contributed by atoms with Gasteiger partial charge in [-0.25, -0.2) is 0 Å². The highest BCUT2D eigenvalue weighted by Gasteiger charge is 2.20. The molecule has 0 fully saturated rings. The van der Waals surface area contributed by atoms with E-state index in [0.717, 1.165) is 28.8 Å². The average molecular weight is 379 g/mol. The lowest BCUT2D eigenvalue weighted by molar-refractivity contribution is 0.213. The van der Waals surface area contributed by atoms with E-state index in [9.17, 15) is 5.11 Å². The van der Waals surface area contributed by atoms with E-state index in [0.29, 0.717) is 12.1 Å². The number of benzene rings is 3. The van der Waals surface area contributed by atoms with Gasteiger partial charge in [0, 0.05) is 16.7 Å². The first kappa shape index (κ1) is 18.7. The van der Waals surface area contributed by atoms with Gasteiger partial charge in [-0.15, -0.1) is 0 Å². The van der Waals surface area contributed by atoms with Gasteiger partial charge in [0.15, 0.2) is 0 Å². The fourth-order valence-corrected chi connectivity index (χ4v) is 3.23. The first-order valence-electron chi connectivity index (χ1n) is 9.59. The van der Waals surface area contributed by atoms with Crippen molar-refractivity contribution in [2.45, 2.75) is 18.9 Å². The van der Waals surface area contributed by atoms with E-state index in [2.05, 4.69) is 39.4 Å². The Morgan fingerprint density at radius 1 is 0.759 bits per heavy atom. The molecule has 0 amide bonds. The SMILES string of the molecule is OC(c1ccccc1C#Cc1ccccc1)c1n[nH]nc1CCc1ccccc1. The molecule has 4 heteroatoms. The van der Waals surface area contributed by atoms with Crippen LogP contribution in [-0.4, -0.2) is 20.5 Å². The molecule has 0 saturated carbocycles. The molecule has 0 radical (unpaired) electrons. The number of H-pyrrole nitrogens is 1. The first-order valence-corrected chi connectivity index (χ1v) is 9.59. The van der Waals surface area contributed by atoms with E-state index >= 15 is 0 Å². The van der Waals surface area contributed by atoms with Crippen LogP contribution in [0.1, 0.15) is 39.7 Å². The maximum Gasteiger partial charge on any atom is 0.126 e. The number of hydrogen-bond donors (Lipinski definition) is 2. The van der Waals surface area contributed by atoms with Gasteiger partial charge in [-0.1, -0.05) is 78.6 Å². The molecule has 0 aliphatic rings. The number of aliphatic hydroxyl groups is 1. The summed E-state index contributed by atoms with van der Waals surface area (Å²) in [6.45, 7) is 0. The molecule has 4 rings (SSSR count). The van der Waals surface area contributed by atoms with Crippen LogP contribution in [-0.2, 0) is 12.8 Å². The molecule has 0 saturated heterocycles. The number of aryl methyl sites for hydroxylation is 2. The highest BCUT2D eigenvalue weighted by atomic mass is 16.3. The van der Waals surface area contributed by atoms with Crippen molar-refractivity contribution in [2.24, 2.45) is 0 Å². The Morgan fingerprint density at radius 2 is 1.45 bits per heavy atom. The van der Waals surface area contributed by atoms with Crippen LogP contribution in [0.25, 0.3) is 0 Å². The monoisotopic (exact) mass is 379 g/mol. The van der Waals surface area contributed by atoms with Crippen LogP contribution in [0.2, 0.25) is 0 Å². The van der Waals surface area contributed by atoms with Crippen LogP contribution in [0.15, 0.2) is 84.9 Å². The third-order valence-corrected chi connectivity index (χ3v) is 4.77. The third-order valence-electron chi connectivity index (χ3n) is 4.77. The zero-order chi connectivity index (χ0) is 19.9. The van der Waals surface area contributed by atoms with Crippen LogP contribution in [0.5, 0.6) is 0 Å². The van der Waals surface area contributed by atoms with Crippen molar-refractivity contribution in [1.82, 2.24) is 15.4 Å². The molecule has 0 spiro atoms. The van der Waals surface area contributed by atoms with Crippen LogP contribution < -0.4 is 0 Å². The number of aromatic nitrogens is 3. The summed E-state index contributed by atoms with van der Waals surface area (Å²) in [7, 11) is 0. The Hall–Kier alpha value is -3.68. The second-order valence-electron chi connectivity index (χ2n) is 6.75. The topological polar surface area (TPSA) is 61.8 Å². The van der Waals surface area contributed by atoms with Crippen LogP contribution in [0, 0.1) is 11.8 Å². The van der Waals surface area contributed by atoms with Crippen LogP contribution in [0.3, 0.4) is 0 Å². The fraction of sp³-hybridized carbons (Fsp3) is 0.120. The summed E-state index contributed by atoms with van der Waals surface area (Å²) in [6.07, 6.45) is 0.647. The maximum absolute atomic E-state index is 11.0. The summed E-state index contributed by atoms with van der Waals surface area (Å²) in [6, 6.07) is 27.6. The number of nitrogens with zero attached hydrogens (tertiary/aromatic N) is 2. The molecule has 4 aromatic rings. The molecule has 1 heterocycles. The Balaban J connectivity index is 1.57. The Kier molecular flexibility index (Phi) is 5.80. The minimum atomic E-state index is -0.888. The summed E-state index contributed by atoms with van der Waals surface area (Å²) < 4.78 is 0. The van der Waals surface area contributed by atoms with Gasteiger partial charge in [-0.05, 0) is 36.6 Å². The summed E-state index contributed by atoms with van der Waals surface area (Å²) in [4.78, 5) is 0. The van der Waals surface area contributed by atoms with Crippen molar-refractivity contribution in [2.75, 3.05) is 0 Å². The fourth-order valence-electron chi connectivity index (χ4n) is 3.23. The normalized spacial score (nSPS) is 11.5. The number of rotatable bonds is 5. The van der Waals surface area contributed by atoms with Gasteiger partial charge >= 0.3 is 0 Å². The van der Waals surface area contributed by atoms with Crippen molar-refractivity contribution in [1.29, 1.82) is 0 Å². The van der Waals surface area contributed by atoms with Gasteiger partial charge < -0.3 is 5.11 Å². The number of hydrogen-bond acceptors (Lipinski definition) is 3.